The summed E-state index contributed by atoms with van der Waals surface area (Å²) in [5, 5.41) is 19.9. The van der Waals surface area contributed by atoms with Crippen LogP contribution in [0.4, 0.5) is 5.13 Å². The second-order valence-electron chi connectivity index (χ2n) is 7.95. The van der Waals surface area contributed by atoms with Gasteiger partial charge in [-0.2, -0.15) is 0 Å². The van der Waals surface area contributed by atoms with E-state index >= 15 is 0 Å². The number of aliphatic hydroxyl groups excluding tert-OH is 1. The van der Waals surface area contributed by atoms with Crippen molar-refractivity contribution in [1.82, 2.24) is 15.2 Å². The number of anilines is 1. The Hall–Kier alpha value is -3.82. The lowest BCUT2D eigenvalue weighted by Crippen LogP contribution is -2.29. The van der Waals surface area contributed by atoms with E-state index in [0.29, 0.717) is 26.4 Å². The van der Waals surface area contributed by atoms with Gasteiger partial charge in [0.15, 0.2) is 4.34 Å². The van der Waals surface area contributed by atoms with Crippen LogP contribution in [-0.2, 0) is 15.3 Å². The molecule has 1 unspecified atom stereocenters. The fourth-order valence-electron chi connectivity index (χ4n) is 3.83. The highest BCUT2D eigenvalue weighted by molar-refractivity contribution is 8.00. The van der Waals surface area contributed by atoms with E-state index in [0.717, 1.165) is 11.1 Å². The summed E-state index contributed by atoms with van der Waals surface area (Å²) in [4.78, 5) is 31.9. The molecule has 0 spiro atoms. The fraction of sp³-hybridized carbons (Fsp3) is 0.115. The second kappa shape index (κ2) is 9.81. The summed E-state index contributed by atoms with van der Waals surface area (Å²) in [6.07, 6.45) is 3.19. The van der Waals surface area contributed by atoms with Gasteiger partial charge in [0.2, 0.25) is 5.13 Å². The first kappa shape index (κ1) is 22.9. The zero-order valence-electron chi connectivity index (χ0n) is 18.7. The molecule has 0 radical (unpaired) electrons. The van der Waals surface area contributed by atoms with E-state index < -0.39 is 17.7 Å². The van der Waals surface area contributed by atoms with Crippen LogP contribution in [0.2, 0.25) is 0 Å². The van der Waals surface area contributed by atoms with E-state index in [2.05, 4.69) is 15.2 Å². The largest absolute Gasteiger partial charge is 0.507 e. The topological polar surface area (TPSA) is 96.3 Å². The summed E-state index contributed by atoms with van der Waals surface area (Å²) in [7, 11) is 0. The molecular formula is C26H20N4O3S2. The third kappa shape index (κ3) is 4.60. The van der Waals surface area contributed by atoms with Crippen molar-refractivity contribution in [1.29, 1.82) is 0 Å². The standard InChI is InChI=1S/C26H20N4O3S2/c1-16-9-11-18(12-10-16)22(31)20-21(19-8-5-13-27-14-19)30(24(33)23(20)32)25-28-29-26(35-25)34-15-17-6-3-2-4-7-17/h2-14,21,31H,15H2,1H3. The van der Waals surface area contributed by atoms with Gasteiger partial charge >= 0.3 is 5.91 Å². The van der Waals surface area contributed by atoms with Gasteiger partial charge in [0.1, 0.15) is 5.76 Å². The van der Waals surface area contributed by atoms with Gasteiger partial charge < -0.3 is 5.11 Å². The van der Waals surface area contributed by atoms with Crippen LogP contribution in [0.3, 0.4) is 0 Å². The summed E-state index contributed by atoms with van der Waals surface area (Å²) in [6, 6.07) is 19.7. The van der Waals surface area contributed by atoms with Crippen LogP contribution in [0, 0.1) is 6.92 Å². The first-order valence-corrected chi connectivity index (χ1v) is 12.6. The highest BCUT2D eigenvalue weighted by atomic mass is 32.2. The Morgan fingerprint density at radius 1 is 1.03 bits per heavy atom. The summed E-state index contributed by atoms with van der Waals surface area (Å²) in [6.45, 7) is 1.93. The van der Waals surface area contributed by atoms with Crippen LogP contribution >= 0.6 is 23.1 Å². The molecule has 1 atom stereocenters. The van der Waals surface area contributed by atoms with E-state index in [4.69, 9.17) is 0 Å². The number of aryl methyl sites for hydroxylation is 1. The Morgan fingerprint density at radius 2 is 1.80 bits per heavy atom. The van der Waals surface area contributed by atoms with Gasteiger partial charge in [-0.1, -0.05) is 89.3 Å². The number of benzene rings is 2. The molecule has 5 rings (SSSR count). The number of thioether (sulfide) groups is 1. The van der Waals surface area contributed by atoms with Crippen LogP contribution in [-0.4, -0.2) is 32.0 Å². The number of Topliss-reactive ketones (excluding diaryl/α,β-unsaturated/α-hetero) is 1. The maximum absolute atomic E-state index is 13.2. The number of hydrogen-bond acceptors (Lipinski definition) is 8. The number of nitrogens with zero attached hydrogens (tertiary/aromatic N) is 4. The molecule has 1 N–H and O–H groups in total. The molecule has 0 saturated carbocycles. The lowest BCUT2D eigenvalue weighted by molar-refractivity contribution is -0.132. The number of amides is 1. The normalized spacial score (nSPS) is 17.2. The molecule has 0 aliphatic carbocycles. The number of carbonyl (C=O) groups is 2. The van der Waals surface area contributed by atoms with Gasteiger partial charge in [0.25, 0.3) is 5.78 Å². The number of pyridine rings is 1. The van der Waals surface area contributed by atoms with Crippen LogP contribution in [0.25, 0.3) is 5.76 Å². The average molecular weight is 501 g/mol. The Bertz CT molecular complexity index is 1400. The third-order valence-corrected chi connectivity index (χ3v) is 7.70. The molecule has 1 aliphatic rings. The number of aliphatic hydroxyl groups is 1. The fourth-order valence-corrected chi connectivity index (χ4v) is 5.65. The van der Waals surface area contributed by atoms with Crippen molar-refractivity contribution in [2.75, 3.05) is 4.90 Å². The monoisotopic (exact) mass is 500 g/mol. The molecular weight excluding hydrogens is 480 g/mol. The van der Waals surface area contributed by atoms with Gasteiger partial charge in [-0.3, -0.25) is 19.5 Å². The molecule has 4 aromatic rings. The van der Waals surface area contributed by atoms with E-state index in [1.54, 1.807) is 36.7 Å². The van der Waals surface area contributed by atoms with Gasteiger partial charge in [0.05, 0.1) is 11.6 Å². The number of aromatic nitrogens is 3. The molecule has 3 heterocycles. The number of carbonyl (C=O) groups excluding carboxylic acids is 2. The molecule has 2 aromatic carbocycles. The molecule has 1 saturated heterocycles. The van der Waals surface area contributed by atoms with Gasteiger partial charge in [-0.15, -0.1) is 10.2 Å². The zero-order valence-corrected chi connectivity index (χ0v) is 20.3. The summed E-state index contributed by atoms with van der Waals surface area (Å²) < 4.78 is 0.675. The highest BCUT2D eigenvalue weighted by Crippen LogP contribution is 2.43. The maximum Gasteiger partial charge on any atom is 0.301 e. The van der Waals surface area contributed by atoms with Crippen molar-refractivity contribution < 1.29 is 14.7 Å². The van der Waals surface area contributed by atoms with E-state index in [1.165, 1.54) is 28.0 Å². The first-order chi connectivity index (χ1) is 17.0. The van der Waals surface area contributed by atoms with Crippen LogP contribution < -0.4 is 4.90 Å². The lowest BCUT2D eigenvalue weighted by atomic mass is 9.96. The molecule has 174 valence electrons. The molecule has 1 amide bonds. The van der Waals surface area contributed by atoms with Crippen molar-refractivity contribution >= 4 is 45.7 Å². The van der Waals surface area contributed by atoms with Crippen LogP contribution in [0.15, 0.2) is 89.0 Å². The highest BCUT2D eigenvalue weighted by Gasteiger charge is 2.48. The van der Waals surface area contributed by atoms with Crippen LogP contribution in [0.1, 0.15) is 28.3 Å². The van der Waals surface area contributed by atoms with Crippen molar-refractivity contribution in [3.8, 4) is 0 Å². The summed E-state index contributed by atoms with van der Waals surface area (Å²) >= 11 is 2.74. The van der Waals surface area contributed by atoms with Gasteiger partial charge in [-0.05, 0) is 24.1 Å². The lowest BCUT2D eigenvalue weighted by Gasteiger charge is -2.22. The average Bonchev–Trinajstić information content (AvgIpc) is 3.46. The molecule has 1 aliphatic heterocycles. The van der Waals surface area contributed by atoms with Crippen LogP contribution in [0.5, 0.6) is 0 Å². The Morgan fingerprint density at radius 3 is 2.51 bits per heavy atom. The van der Waals surface area contributed by atoms with Gasteiger partial charge in [0, 0.05) is 23.7 Å². The molecule has 9 heteroatoms. The minimum Gasteiger partial charge on any atom is -0.507 e. The van der Waals surface area contributed by atoms with Crippen molar-refractivity contribution in [3.05, 3.63) is 107 Å². The number of hydrogen-bond donors (Lipinski definition) is 1. The summed E-state index contributed by atoms with van der Waals surface area (Å²) in [5.74, 6) is -1.06. The maximum atomic E-state index is 13.2. The Kier molecular flexibility index (Phi) is 6.43. The van der Waals surface area contributed by atoms with Crippen molar-refractivity contribution in [2.45, 2.75) is 23.1 Å². The molecule has 7 nitrogen and oxygen atoms in total. The predicted octanol–water partition coefficient (Wildman–Crippen LogP) is 5.16. The molecule has 1 fully saturated rings. The first-order valence-electron chi connectivity index (χ1n) is 10.8. The van der Waals surface area contributed by atoms with E-state index in [1.807, 2.05) is 49.4 Å². The minimum atomic E-state index is -0.870. The van der Waals surface area contributed by atoms with Crippen molar-refractivity contribution in [3.63, 3.8) is 0 Å². The quantitative estimate of drug-likeness (QED) is 0.128. The smallest absolute Gasteiger partial charge is 0.301 e. The molecule has 0 bridgehead atoms. The third-order valence-electron chi connectivity index (χ3n) is 5.58. The SMILES string of the molecule is Cc1ccc(C(O)=C2C(=O)C(=O)N(c3nnc(SCc4ccccc4)s3)C2c2cccnc2)cc1. The summed E-state index contributed by atoms with van der Waals surface area (Å²) in [5.41, 5.74) is 3.21. The number of ketones is 1. The van der Waals surface area contributed by atoms with Crippen molar-refractivity contribution in [2.24, 2.45) is 0 Å². The van der Waals surface area contributed by atoms with E-state index in [9.17, 15) is 14.7 Å². The second-order valence-corrected chi connectivity index (χ2v) is 10.1. The van der Waals surface area contributed by atoms with E-state index in [-0.39, 0.29) is 11.3 Å². The predicted molar refractivity (Wildman–Crippen MR) is 136 cm³/mol. The molecule has 2 aromatic heterocycles. The Balaban J connectivity index is 1.53. The Labute approximate surface area is 210 Å². The zero-order chi connectivity index (χ0) is 24.4. The molecule has 35 heavy (non-hydrogen) atoms. The number of rotatable bonds is 6. The van der Waals surface area contributed by atoms with Gasteiger partial charge in [-0.25, -0.2) is 0 Å². The minimum absolute atomic E-state index is 0.000502.